The van der Waals surface area contributed by atoms with E-state index in [4.69, 9.17) is 5.26 Å². The predicted molar refractivity (Wildman–Crippen MR) is 75.8 cm³/mol. The highest BCUT2D eigenvalue weighted by molar-refractivity contribution is 5.98. The minimum Gasteiger partial charge on any atom is -0.314 e. The molecule has 1 aliphatic rings. The molecular weight excluding hydrogens is 236 g/mol. The van der Waals surface area contributed by atoms with E-state index < -0.39 is 0 Å². The lowest BCUT2D eigenvalue weighted by atomic mass is 9.74. The van der Waals surface area contributed by atoms with Crippen molar-refractivity contribution in [3.8, 4) is 6.07 Å². The standard InChI is InChI=1S/C16H20N2O/c1-16(10-6-3-7-11-16)15(19)18(2)14-9-5-4-8-13(14)12-17/h4-5,8-9H,3,6-7,10-11H2,1-2H3. The largest absolute Gasteiger partial charge is 0.314 e. The molecule has 100 valence electrons. The molecule has 0 N–H and O–H groups in total. The van der Waals surface area contributed by atoms with Gasteiger partial charge in [0.25, 0.3) is 0 Å². The lowest BCUT2D eigenvalue weighted by Gasteiger charge is -2.35. The molecule has 1 aromatic carbocycles. The van der Waals surface area contributed by atoms with E-state index in [2.05, 4.69) is 13.0 Å². The first-order valence-corrected chi connectivity index (χ1v) is 6.86. The summed E-state index contributed by atoms with van der Waals surface area (Å²) < 4.78 is 0. The van der Waals surface area contributed by atoms with Crippen LogP contribution in [0.3, 0.4) is 0 Å². The minimum atomic E-state index is -0.268. The molecule has 1 aromatic rings. The zero-order valence-electron chi connectivity index (χ0n) is 11.6. The highest BCUT2D eigenvalue weighted by Crippen LogP contribution is 2.38. The van der Waals surface area contributed by atoms with E-state index >= 15 is 0 Å². The topological polar surface area (TPSA) is 44.1 Å². The van der Waals surface area contributed by atoms with E-state index in [0.29, 0.717) is 11.3 Å². The van der Waals surface area contributed by atoms with Gasteiger partial charge in [-0.15, -0.1) is 0 Å². The zero-order valence-corrected chi connectivity index (χ0v) is 11.6. The van der Waals surface area contributed by atoms with Gasteiger partial charge in [0, 0.05) is 12.5 Å². The first-order chi connectivity index (χ1) is 9.08. The summed E-state index contributed by atoms with van der Waals surface area (Å²) in [6.45, 7) is 2.06. The van der Waals surface area contributed by atoms with Crippen molar-refractivity contribution in [2.24, 2.45) is 5.41 Å². The van der Waals surface area contributed by atoms with Crippen molar-refractivity contribution in [1.29, 1.82) is 5.26 Å². The maximum Gasteiger partial charge on any atom is 0.232 e. The first kappa shape index (κ1) is 13.6. The van der Waals surface area contributed by atoms with Crippen molar-refractivity contribution < 1.29 is 4.79 Å². The average molecular weight is 256 g/mol. The third-order valence-electron chi connectivity index (χ3n) is 4.16. The number of benzene rings is 1. The van der Waals surface area contributed by atoms with Gasteiger partial charge in [-0.1, -0.05) is 38.3 Å². The highest BCUT2D eigenvalue weighted by atomic mass is 16.2. The zero-order chi connectivity index (χ0) is 13.9. The molecule has 0 spiro atoms. The summed E-state index contributed by atoms with van der Waals surface area (Å²) in [5, 5.41) is 9.14. The van der Waals surface area contributed by atoms with Crippen LogP contribution in [0.5, 0.6) is 0 Å². The number of carbonyl (C=O) groups excluding carboxylic acids is 1. The van der Waals surface area contributed by atoms with Gasteiger partial charge in [-0.25, -0.2) is 0 Å². The fraction of sp³-hybridized carbons (Fsp3) is 0.500. The summed E-state index contributed by atoms with van der Waals surface area (Å²) in [6, 6.07) is 9.43. The molecule has 1 amide bonds. The Morgan fingerprint density at radius 2 is 1.89 bits per heavy atom. The van der Waals surface area contributed by atoms with Crippen LogP contribution in [-0.4, -0.2) is 13.0 Å². The Morgan fingerprint density at radius 3 is 2.53 bits per heavy atom. The van der Waals surface area contributed by atoms with Crippen molar-refractivity contribution >= 4 is 11.6 Å². The van der Waals surface area contributed by atoms with Crippen LogP contribution in [0.2, 0.25) is 0 Å². The number of hydrogen-bond acceptors (Lipinski definition) is 2. The van der Waals surface area contributed by atoms with Crippen LogP contribution in [0.1, 0.15) is 44.6 Å². The smallest absolute Gasteiger partial charge is 0.232 e. The Balaban J connectivity index is 2.26. The molecule has 0 unspecified atom stereocenters. The number of hydrogen-bond donors (Lipinski definition) is 0. The molecule has 19 heavy (non-hydrogen) atoms. The molecule has 1 aliphatic carbocycles. The van der Waals surface area contributed by atoms with Gasteiger partial charge in [0.1, 0.15) is 6.07 Å². The van der Waals surface area contributed by atoms with E-state index in [9.17, 15) is 4.79 Å². The molecule has 2 rings (SSSR count). The molecule has 0 heterocycles. The summed E-state index contributed by atoms with van der Waals surface area (Å²) in [4.78, 5) is 14.4. The van der Waals surface area contributed by atoms with Crippen molar-refractivity contribution in [3.63, 3.8) is 0 Å². The second kappa shape index (κ2) is 5.44. The third-order valence-corrected chi connectivity index (χ3v) is 4.16. The minimum absolute atomic E-state index is 0.134. The molecule has 0 aromatic heterocycles. The molecular formula is C16H20N2O. The number of rotatable bonds is 2. The van der Waals surface area contributed by atoms with Gasteiger partial charge in [-0.3, -0.25) is 4.79 Å². The normalized spacial score (nSPS) is 17.5. The van der Waals surface area contributed by atoms with E-state index in [1.54, 1.807) is 18.0 Å². The van der Waals surface area contributed by atoms with Crippen molar-refractivity contribution in [1.82, 2.24) is 0 Å². The van der Waals surface area contributed by atoms with Crippen LogP contribution < -0.4 is 4.90 Å². The lowest BCUT2D eigenvalue weighted by Crippen LogP contribution is -2.41. The number of anilines is 1. The van der Waals surface area contributed by atoms with Crippen LogP contribution in [0, 0.1) is 16.7 Å². The molecule has 0 saturated heterocycles. The Hall–Kier alpha value is -1.82. The number of carbonyl (C=O) groups is 1. The molecule has 0 bridgehead atoms. The second-order valence-electron chi connectivity index (χ2n) is 5.61. The van der Waals surface area contributed by atoms with Gasteiger partial charge in [-0.05, 0) is 25.0 Å². The van der Waals surface area contributed by atoms with Crippen molar-refractivity contribution in [2.75, 3.05) is 11.9 Å². The van der Waals surface area contributed by atoms with Gasteiger partial charge in [0.15, 0.2) is 0 Å². The van der Waals surface area contributed by atoms with Crippen LogP contribution in [0.15, 0.2) is 24.3 Å². The molecule has 0 atom stereocenters. The average Bonchev–Trinajstić information content (AvgIpc) is 2.46. The van der Waals surface area contributed by atoms with Gasteiger partial charge in [0.05, 0.1) is 11.3 Å². The van der Waals surface area contributed by atoms with Gasteiger partial charge in [0.2, 0.25) is 5.91 Å². The monoisotopic (exact) mass is 256 g/mol. The molecule has 0 aliphatic heterocycles. The Morgan fingerprint density at radius 1 is 1.26 bits per heavy atom. The fourth-order valence-corrected chi connectivity index (χ4v) is 2.92. The number of amides is 1. The third kappa shape index (κ3) is 2.63. The Kier molecular flexibility index (Phi) is 3.90. The van der Waals surface area contributed by atoms with Gasteiger partial charge >= 0.3 is 0 Å². The summed E-state index contributed by atoms with van der Waals surface area (Å²) in [5.41, 5.74) is 0.995. The second-order valence-corrected chi connectivity index (χ2v) is 5.61. The summed E-state index contributed by atoms with van der Waals surface area (Å²) in [7, 11) is 1.78. The Bertz CT molecular complexity index is 510. The predicted octanol–water partition coefficient (Wildman–Crippen LogP) is 3.49. The molecule has 3 heteroatoms. The molecule has 3 nitrogen and oxygen atoms in total. The molecule has 0 radical (unpaired) electrons. The van der Waals surface area contributed by atoms with Crippen LogP contribution in [-0.2, 0) is 4.79 Å². The number of nitriles is 1. The number of para-hydroxylation sites is 1. The summed E-state index contributed by atoms with van der Waals surface area (Å²) >= 11 is 0. The first-order valence-electron chi connectivity index (χ1n) is 6.86. The van der Waals surface area contributed by atoms with E-state index in [1.807, 2.05) is 18.2 Å². The van der Waals surface area contributed by atoms with Crippen molar-refractivity contribution in [3.05, 3.63) is 29.8 Å². The van der Waals surface area contributed by atoms with Crippen LogP contribution >= 0.6 is 0 Å². The maximum atomic E-state index is 12.7. The van der Waals surface area contributed by atoms with E-state index in [0.717, 1.165) is 25.7 Å². The molecule has 1 fully saturated rings. The van der Waals surface area contributed by atoms with Crippen LogP contribution in [0.25, 0.3) is 0 Å². The lowest BCUT2D eigenvalue weighted by molar-refractivity contribution is -0.128. The van der Waals surface area contributed by atoms with Crippen LogP contribution in [0.4, 0.5) is 5.69 Å². The SMILES string of the molecule is CN(C(=O)C1(C)CCCCC1)c1ccccc1C#N. The quantitative estimate of drug-likeness (QED) is 0.813. The van der Waals surface area contributed by atoms with Gasteiger partial charge in [-0.2, -0.15) is 5.26 Å². The highest BCUT2D eigenvalue weighted by Gasteiger charge is 2.37. The summed E-state index contributed by atoms with van der Waals surface area (Å²) in [5.74, 6) is 0.134. The molecule has 1 saturated carbocycles. The van der Waals surface area contributed by atoms with E-state index in [1.165, 1.54) is 6.42 Å². The maximum absolute atomic E-state index is 12.7. The number of nitrogens with zero attached hydrogens (tertiary/aromatic N) is 2. The summed E-state index contributed by atoms with van der Waals surface area (Å²) in [6.07, 6.45) is 5.36. The van der Waals surface area contributed by atoms with E-state index in [-0.39, 0.29) is 11.3 Å². The Labute approximate surface area is 114 Å². The fourth-order valence-electron chi connectivity index (χ4n) is 2.92. The van der Waals surface area contributed by atoms with Gasteiger partial charge < -0.3 is 4.90 Å². The van der Waals surface area contributed by atoms with Crippen molar-refractivity contribution in [2.45, 2.75) is 39.0 Å².